The van der Waals surface area contributed by atoms with Crippen molar-refractivity contribution in [2.24, 2.45) is 0 Å². The zero-order valence-corrected chi connectivity index (χ0v) is 10.8. The van der Waals surface area contributed by atoms with Crippen LogP contribution in [0.2, 0.25) is 0 Å². The van der Waals surface area contributed by atoms with Crippen LogP contribution < -0.4 is 0 Å². The number of benzene rings is 1. The molecule has 94 valence electrons. The molecule has 0 aliphatic carbocycles. The van der Waals surface area contributed by atoms with E-state index in [1.54, 1.807) is 33.8 Å². The smallest absolute Gasteiger partial charge is 0.197 e. The molecule has 0 radical (unpaired) electrons. The van der Waals surface area contributed by atoms with E-state index in [1.807, 2.05) is 0 Å². The minimum absolute atomic E-state index is 0.0156. The molecule has 1 rings (SSSR count). The Morgan fingerprint density at radius 3 is 2.24 bits per heavy atom. The molecule has 0 heterocycles. The monoisotopic (exact) mass is 238 g/mol. The summed E-state index contributed by atoms with van der Waals surface area (Å²) in [6.07, 6.45) is 0.574. The molecule has 1 aromatic carbocycles. The Hall–Kier alpha value is -1.22. The molecule has 0 saturated carbocycles. The van der Waals surface area contributed by atoms with E-state index in [4.69, 9.17) is 0 Å². The molecule has 0 fully saturated rings. The van der Waals surface area contributed by atoms with Crippen molar-refractivity contribution in [3.8, 4) is 0 Å². The summed E-state index contributed by atoms with van der Waals surface area (Å²) >= 11 is 0. The van der Waals surface area contributed by atoms with Crippen LogP contribution in [0.1, 0.15) is 48.2 Å². The molecule has 0 spiro atoms. The summed E-state index contributed by atoms with van der Waals surface area (Å²) in [5, 5.41) is 10.2. The molecule has 0 unspecified atom stereocenters. The lowest BCUT2D eigenvalue weighted by Gasteiger charge is -2.24. The van der Waals surface area contributed by atoms with Gasteiger partial charge in [0, 0.05) is 0 Å². The second-order valence-corrected chi connectivity index (χ2v) is 4.51. The van der Waals surface area contributed by atoms with Gasteiger partial charge < -0.3 is 5.11 Å². The number of aryl methyl sites for hydroxylation is 2. The number of aliphatic hydroxyl groups is 1. The van der Waals surface area contributed by atoms with Crippen molar-refractivity contribution in [2.75, 3.05) is 0 Å². The highest BCUT2D eigenvalue weighted by Gasteiger charge is 2.35. The van der Waals surface area contributed by atoms with Crippen molar-refractivity contribution in [2.45, 2.75) is 46.1 Å². The van der Waals surface area contributed by atoms with Crippen molar-refractivity contribution < 1.29 is 14.3 Å². The van der Waals surface area contributed by atoms with Crippen LogP contribution in [0, 0.1) is 19.7 Å². The Morgan fingerprint density at radius 2 is 1.82 bits per heavy atom. The molecule has 1 N–H and O–H groups in total. The van der Waals surface area contributed by atoms with Gasteiger partial charge in [-0.2, -0.15) is 0 Å². The molecule has 17 heavy (non-hydrogen) atoms. The molecule has 0 saturated heterocycles. The van der Waals surface area contributed by atoms with Gasteiger partial charge in [0.25, 0.3) is 0 Å². The summed E-state index contributed by atoms with van der Waals surface area (Å²) in [6.45, 7) is 6.91. The largest absolute Gasteiger partial charge is 0.382 e. The van der Waals surface area contributed by atoms with E-state index in [-0.39, 0.29) is 18.4 Å². The van der Waals surface area contributed by atoms with Crippen molar-refractivity contribution in [1.82, 2.24) is 0 Å². The molecule has 0 aromatic heterocycles. The van der Waals surface area contributed by atoms with E-state index in [9.17, 15) is 14.3 Å². The molecule has 0 bridgehead atoms. The van der Waals surface area contributed by atoms with E-state index >= 15 is 0 Å². The molecule has 2 nitrogen and oxygen atoms in total. The van der Waals surface area contributed by atoms with Crippen molar-refractivity contribution in [3.05, 3.63) is 34.6 Å². The highest BCUT2D eigenvalue weighted by Crippen LogP contribution is 2.25. The van der Waals surface area contributed by atoms with Gasteiger partial charge in [-0.05, 0) is 43.9 Å². The van der Waals surface area contributed by atoms with Gasteiger partial charge in [-0.15, -0.1) is 0 Å². The van der Waals surface area contributed by atoms with Crippen LogP contribution in [0.5, 0.6) is 0 Å². The second-order valence-electron chi connectivity index (χ2n) is 4.51. The number of ketones is 1. The lowest BCUT2D eigenvalue weighted by molar-refractivity contribution is 0.0273. The zero-order valence-electron chi connectivity index (χ0n) is 10.8. The highest BCUT2D eigenvalue weighted by atomic mass is 19.1. The van der Waals surface area contributed by atoms with E-state index < -0.39 is 17.2 Å². The van der Waals surface area contributed by atoms with Crippen molar-refractivity contribution in [1.29, 1.82) is 0 Å². The maximum Gasteiger partial charge on any atom is 0.197 e. The molecular weight excluding hydrogens is 219 g/mol. The van der Waals surface area contributed by atoms with E-state index in [0.29, 0.717) is 5.56 Å². The SMILES string of the molecule is CCC(O)(CC)C(=O)c1c(C)cc(C)cc1F. The maximum absolute atomic E-state index is 13.8. The number of hydrogen-bond donors (Lipinski definition) is 1. The quantitative estimate of drug-likeness (QED) is 0.818. The topological polar surface area (TPSA) is 37.3 Å². The first-order valence-corrected chi connectivity index (χ1v) is 5.89. The fraction of sp³-hybridized carbons (Fsp3) is 0.500. The standard InChI is InChI=1S/C14H19FO2/c1-5-14(17,6-2)13(16)12-10(4)7-9(3)8-11(12)15/h7-8,17H,5-6H2,1-4H3. The van der Waals surface area contributed by atoms with E-state index in [0.717, 1.165) is 5.56 Å². The first-order valence-electron chi connectivity index (χ1n) is 5.89. The first-order chi connectivity index (χ1) is 7.85. The van der Waals surface area contributed by atoms with E-state index in [2.05, 4.69) is 0 Å². The summed E-state index contributed by atoms with van der Waals surface area (Å²) in [5.74, 6) is -1.06. The van der Waals surface area contributed by atoms with Crippen molar-refractivity contribution in [3.63, 3.8) is 0 Å². The summed E-state index contributed by atoms with van der Waals surface area (Å²) in [5.41, 5.74) is -0.0939. The third-order valence-electron chi connectivity index (χ3n) is 3.25. The van der Waals surface area contributed by atoms with Gasteiger partial charge in [0.15, 0.2) is 5.78 Å². The molecule has 0 amide bonds. The van der Waals surface area contributed by atoms with Crippen LogP contribution in [0.15, 0.2) is 12.1 Å². The Kier molecular flexibility index (Phi) is 4.04. The number of carbonyl (C=O) groups is 1. The number of Topliss-reactive ketones (excluding diaryl/α,β-unsaturated/α-hetero) is 1. The van der Waals surface area contributed by atoms with Crippen LogP contribution in [-0.2, 0) is 0 Å². The minimum Gasteiger partial charge on any atom is -0.382 e. The van der Waals surface area contributed by atoms with Crippen LogP contribution in [0.25, 0.3) is 0 Å². The van der Waals surface area contributed by atoms with Crippen molar-refractivity contribution >= 4 is 5.78 Å². The number of carbonyl (C=O) groups excluding carboxylic acids is 1. The fourth-order valence-corrected chi connectivity index (χ4v) is 2.01. The van der Waals surface area contributed by atoms with Crippen LogP contribution in [0.4, 0.5) is 4.39 Å². The Balaban J connectivity index is 3.30. The Bertz CT molecular complexity index is 411. The van der Waals surface area contributed by atoms with Gasteiger partial charge in [0.2, 0.25) is 0 Å². The lowest BCUT2D eigenvalue weighted by atomic mass is 9.85. The summed E-state index contributed by atoms with van der Waals surface area (Å²) < 4.78 is 13.8. The van der Waals surface area contributed by atoms with E-state index in [1.165, 1.54) is 6.07 Å². The second kappa shape index (κ2) is 4.96. The average Bonchev–Trinajstić information content (AvgIpc) is 2.26. The highest BCUT2D eigenvalue weighted by molar-refractivity contribution is 6.03. The zero-order chi connectivity index (χ0) is 13.2. The molecular formula is C14H19FO2. The van der Waals surface area contributed by atoms with Gasteiger partial charge in [-0.3, -0.25) is 4.79 Å². The van der Waals surface area contributed by atoms with Crippen LogP contribution in [-0.4, -0.2) is 16.5 Å². The molecule has 0 aliphatic heterocycles. The summed E-state index contributed by atoms with van der Waals surface area (Å²) in [7, 11) is 0. The molecule has 1 aromatic rings. The average molecular weight is 238 g/mol. The Morgan fingerprint density at radius 1 is 1.29 bits per heavy atom. The normalized spacial score (nSPS) is 11.6. The first kappa shape index (κ1) is 13.8. The lowest BCUT2D eigenvalue weighted by Crippen LogP contribution is -2.38. The summed E-state index contributed by atoms with van der Waals surface area (Å²) in [6, 6.07) is 3.08. The predicted molar refractivity (Wildman–Crippen MR) is 65.7 cm³/mol. The molecule has 0 atom stereocenters. The van der Waals surface area contributed by atoms with Gasteiger partial charge >= 0.3 is 0 Å². The summed E-state index contributed by atoms with van der Waals surface area (Å²) in [4.78, 5) is 12.2. The van der Waals surface area contributed by atoms with Gasteiger partial charge in [-0.1, -0.05) is 19.9 Å². The number of halogens is 1. The van der Waals surface area contributed by atoms with Gasteiger partial charge in [-0.25, -0.2) is 4.39 Å². The minimum atomic E-state index is -1.46. The third kappa shape index (κ3) is 2.55. The number of hydrogen-bond acceptors (Lipinski definition) is 2. The fourth-order valence-electron chi connectivity index (χ4n) is 2.01. The third-order valence-corrected chi connectivity index (χ3v) is 3.25. The number of rotatable bonds is 4. The van der Waals surface area contributed by atoms with Crippen LogP contribution >= 0.6 is 0 Å². The van der Waals surface area contributed by atoms with Crippen LogP contribution in [0.3, 0.4) is 0 Å². The Labute approximate surface area is 101 Å². The molecule has 3 heteroatoms. The predicted octanol–water partition coefficient (Wildman–Crippen LogP) is 3.18. The van der Waals surface area contributed by atoms with Gasteiger partial charge in [0.05, 0.1) is 5.56 Å². The maximum atomic E-state index is 13.8. The molecule has 0 aliphatic rings. The van der Waals surface area contributed by atoms with Gasteiger partial charge in [0.1, 0.15) is 11.4 Å².